The van der Waals surface area contributed by atoms with Crippen molar-refractivity contribution in [3.8, 4) is 0 Å². The van der Waals surface area contributed by atoms with Crippen molar-refractivity contribution >= 4 is 18.0 Å². The Bertz CT molecular complexity index is 598. The first kappa shape index (κ1) is 14.2. The third kappa shape index (κ3) is 2.19. The molecule has 0 radical (unpaired) electrons. The number of ether oxygens (including phenoxy) is 1. The molecule has 1 aliphatic heterocycles. The SMILES string of the molecule is Cc1c(N)[nH]c(=O)n(C2O[C@H](CO)[C@@H](O)[C@H]2O)c1=S. The molecular weight excluding hydrogens is 274 g/mol. The molecule has 1 aliphatic rings. The second-order valence-corrected chi connectivity index (χ2v) is 4.76. The van der Waals surface area contributed by atoms with E-state index in [2.05, 4.69) is 4.98 Å². The normalized spacial score (nSPS) is 30.7. The summed E-state index contributed by atoms with van der Waals surface area (Å²) < 4.78 is 6.38. The van der Waals surface area contributed by atoms with Gasteiger partial charge in [-0.3, -0.25) is 9.55 Å². The summed E-state index contributed by atoms with van der Waals surface area (Å²) in [5.41, 5.74) is 5.39. The summed E-state index contributed by atoms with van der Waals surface area (Å²) in [6.45, 7) is 1.14. The minimum atomic E-state index is -1.37. The van der Waals surface area contributed by atoms with Crippen LogP contribution in [0.3, 0.4) is 0 Å². The summed E-state index contributed by atoms with van der Waals surface area (Å²) in [6, 6.07) is 0. The topological polar surface area (TPSA) is 134 Å². The minimum Gasteiger partial charge on any atom is -0.394 e. The van der Waals surface area contributed by atoms with E-state index in [-0.39, 0.29) is 10.5 Å². The summed E-state index contributed by atoms with van der Waals surface area (Å²) >= 11 is 5.10. The maximum atomic E-state index is 11.9. The quantitative estimate of drug-likeness (QED) is 0.414. The van der Waals surface area contributed by atoms with E-state index in [0.717, 1.165) is 4.57 Å². The first-order valence-corrected chi connectivity index (χ1v) is 6.02. The van der Waals surface area contributed by atoms with E-state index in [1.54, 1.807) is 6.92 Å². The Kier molecular flexibility index (Phi) is 3.74. The number of nitrogen functional groups attached to an aromatic ring is 1. The Hall–Kier alpha value is -1.26. The summed E-state index contributed by atoms with van der Waals surface area (Å²) in [5.74, 6) is 0.137. The van der Waals surface area contributed by atoms with Crippen LogP contribution in [0.1, 0.15) is 11.8 Å². The number of hydrogen-bond acceptors (Lipinski definition) is 7. The van der Waals surface area contributed by atoms with Crippen LogP contribution in [0.4, 0.5) is 5.82 Å². The van der Waals surface area contributed by atoms with Gasteiger partial charge in [-0.15, -0.1) is 0 Å². The van der Waals surface area contributed by atoms with E-state index in [4.69, 9.17) is 27.8 Å². The maximum Gasteiger partial charge on any atom is 0.330 e. The molecule has 2 rings (SSSR count). The first-order chi connectivity index (χ1) is 8.88. The monoisotopic (exact) mass is 289 g/mol. The van der Waals surface area contributed by atoms with Crippen molar-refractivity contribution in [2.75, 3.05) is 12.3 Å². The smallest absolute Gasteiger partial charge is 0.330 e. The van der Waals surface area contributed by atoms with Crippen LogP contribution in [0.25, 0.3) is 0 Å². The fourth-order valence-electron chi connectivity index (χ4n) is 1.98. The van der Waals surface area contributed by atoms with Gasteiger partial charge in [0, 0.05) is 5.56 Å². The molecule has 1 saturated heterocycles. The molecule has 1 unspecified atom stereocenters. The second kappa shape index (κ2) is 5.02. The molecule has 6 N–H and O–H groups in total. The van der Waals surface area contributed by atoms with Crippen LogP contribution < -0.4 is 11.4 Å². The molecule has 0 saturated carbocycles. The number of aromatic amines is 1. The molecule has 1 fully saturated rings. The molecule has 0 amide bonds. The molecule has 9 heteroatoms. The van der Waals surface area contributed by atoms with Crippen molar-refractivity contribution in [2.45, 2.75) is 31.5 Å². The number of hydrogen-bond donors (Lipinski definition) is 5. The molecule has 2 heterocycles. The number of nitrogens with two attached hydrogens (primary N) is 1. The number of aliphatic hydroxyl groups excluding tert-OH is 3. The third-order valence-electron chi connectivity index (χ3n) is 3.18. The number of nitrogens with zero attached hydrogens (tertiary/aromatic N) is 1. The van der Waals surface area contributed by atoms with Gasteiger partial charge in [-0.1, -0.05) is 12.2 Å². The summed E-state index contributed by atoms with van der Waals surface area (Å²) in [5, 5.41) is 28.6. The predicted octanol–water partition coefficient (Wildman–Crippen LogP) is -1.59. The fourth-order valence-corrected chi connectivity index (χ4v) is 2.28. The van der Waals surface area contributed by atoms with Gasteiger partial charge in [-0.25, -0.2) is 4.79 Å². The van der Waals surface area contributed by atoms with Crippen molar-refractivity contribution in [1.29, 1.82) is 0 Å². The summed E-state index contributed by atoms with van der Waals surface area (Å²) in [6.07, 6.45) is -4.80. The van der Waals surface area contributed by atoms with E-state index in [1.165, 1.54) is 0 Å². The van der Waals surface area contributed by atoms with E-state index < -0.39 is 36.8 Å². The van der Waals surface area contributed by atoms with Crippen LogP contribution >= 0.6 is 12.2 Å². The van der Waals surface area contributed by atoms with Crippen molar-refractivity contribution in [1.82, 2.24) is 9.55 Å². The summed E-state index contributed by atoms with van der Waals surface area (Å²) in [4.78, 5) is 14.2. The van der Waals surface area contributed by atoms with E-state index in [9.17, 15) is 15.0 Å². The standard InChI is InChI=1S/C10H15N3O5S/c1-3-7(11)12-10(17)13(9(3)19)8-6(16)5(15)4(2-14)18-8/h4-6,8,14-16H,2,11H2,1H3,(H,12,17)/t4-,5-,6-,8?/m1/s1. The highest BCUT2D eigenvalue weighted by molar-refractivity contribution is 7.71. The van der Waals surface area contributed by atoms with Crippen LogP contribution in [-0.4, -0.2) is 49.8 Å². The minimum absolute atomic E-state index is 0.107. The van der Waals surface area contributed by atoms with Gasteiger partial charge in [0.05, 0.1) is 6.61 Å². The van der Waals surface area contributed by atoms with Crippen molar-refractivity contribution in [3.05, 3.63) is 20.7 Å². The van der Waals surface area contributed by atoms with Crippen LogP contribution in [0.5, 0.6) is 0 Å². The number of aromatic nitrogens is 2. The third-order valence-corrected chi connectivity index (χ3v) is 3.68. The Morgan fingerprint density at radius 3 is 2.63 bits per heavy atom. The van der Waals surface area contributed by atoms with Gasteiger partial charge in [0.2, 0.25) is 0 Å². The summed E-state index contributed by atoms with van der Waals surface area (Å²) in [7, 11) is 0. The average Bonchev–Trinajstić information content (AvgIpc) is 2.64. The Balaban J connectivity index is 2.53. The molecule has 4 atom stereocenters. The molecular formula is C10H15N3O5S. The maximum absolute atomic E-state index is 11.9. The number of rotatable bonds is 2. The van der Waals surface area contributed by atoms with Gasteiger partial charge >= 0.3 is 5.69 Å². The zero-order chi connectivity index (χ0) is 14.3. The molecule has 1 aromatic rings. The number of H-pyrrole nitrogens is 1. The molecule has 1 aromatic heterocycles. The lowest BCUT2D eigenvalue weighted by atomic mass is 10.1. The molecule has 106 valence electrons. The number of anilines is 1. The van der Waals surface area contributed by atoms with Crippen molar-refractivity contribution in [2.24, 2.45) is 0 Å². The Morgan fingerprint density at radius 1 is 1.47 bits per heavy atom. The molecule has 19 heavy (non-hydrogen) atoms. The lowest BCUT2D eigenvalue weighted by Crippen LogP contribution is -2.37. The molecule has 8 nitrogen and oxygen atoms in total. The van der Waals surface area contributed by atoms with E-state index >= 15 is 0 Å². The largest absolute Gasteiger partial charge is 0.394 e. The molecule has 0 aromatic carbocycles. The van der Waals surface area contributed by atoms with Gasteiger partial charge in [0.15, 0.2) is 6.23 Å². The lowest BCUT2D eigenvalue weighted by Gasteiger charge is -2.18. The highest BCUT2D eigenvalue weighted by Crippen LogP contribution is 2.29. The zero-order valence-electron chi connectivity index (χ0n) is 10.1. The van der Waals surface area contributed by atoms with Gasteiger partial charge in [-0.2, -0.15) is 0 Å². The Morgan fingerprint density at radius 2 is 2.11 bits per heavy atom. The van der Waals surface area contributed by atoms with Crippen LogP contribution in [0.15, 0.2) is 4.79 Å². The molecule has 0 aliphatic carbocycles. The van der Waals surface area contributed by atoms with E-state index in [0.29, 0.717) is 5.56 Å². The lowest BCUT2D eigenvalue weighted by molar-refractivity contribution is -0.0556. The van der Waals surface area contributed by atoms with Gasteiger partial charge in [-0.05, 0) is 6.92 Å². The van der Waals surface area contributed by atoms with Crippen LogP contribution in [-0.2, 0) is 4.74 Å². The average molecular weight is 289 g/mol. The van der Waals surface area contributed by atoms with Crippen molar-refractivity contribution in [3.63, 3.8) is 0 Å². The second-order valence-electron chi connectivity index (χ2n) is 4.37. The van der Waals surface area contributed by atoms with Crippen LogP contribution in [0, 0.1) is 11.6 Å². The highest BCUT2D eigenvalue weighted by Gasteiger charge is 2.44. The molecule has 0 spiro atoms. The van der Waals surface area contributed by atoms with Crippen LogP contribution in [0.2, 0.25) is 0 Å². The fraction of sp³-hybridized carbons (Fsp3) is 0.600. The number of nitrogens with one attached hydrogen (secondary N) is 1. The number of aliphatic hydroxyl groups is 3. The van der Waals surface area contributed by atoms with Gasteiger partial charge in [0.25, 0.3) is 0 Å². The van der Waals surface area contributed by atoms with Gasteiger partial charge in [0.1, 0.15) is 28.8 Å². The predicted molar refractivity (Wildman–Crippen MR) is 68.0 cm³/mol. The Labute approximate surface area is 113 Å². The highest BCUT2D eigenvalue weighted by atomic mass is 32.1. The zero-order valence-corrected chi connectivity index (χ0v) is 10.9. The van der Waals surface area contributed by atoms with Crippen molar-refractivity contribution < 1.29 is 20.1 Å². The first-order valence-electron chi connectivity index (χ1n) is 5.61. The van der Waals surface area contributed by atoms with E-state index in [1.807, 2.05) is 0 Å². The molecule has 0 bridgehead atoms. The van der Waals surface area contributed by atoms with Gasteiger partial charge < -0.3 is 25.8 Å².